The van der Waals surface area contributed by atoms with Gasteiger partial charge < -0.3 is 10.6 Å². The highest BCUT2D eigenvalue weighted by molar-refractivity contribution is 5.33. The molecule has 4 nitrogen and oxygen atoms in total. The average molecular weight is 220 g/mol. The van der Waals surface area contributed by atoms with Gasteiger partial charge in [-0.15, -0.1) is 0 Å². The van der Waals surface area contributed by atoms with Crippen molar-refractivity contribution >= 4 is 5.82 Å². The summed E-state index contributed by atoms with van der Waals surface area (Å²) in [7, 11) is 0. The van der Waals surface area contributed by atoms with E-state index in [1.807, 2.05) is 12.3 Å². The number of hydrogen-bond acceptors (Lipinski definition) is 4. The van der Waals surface area contributed by atoms with E-state index < -0.39 is 0 Å². The van der Waals surface area contributed by atoms with Crippen LogP contribution in [-0.2, 0) is 0 Å². The fraction of sp³-hybridized carbons (Fsp3) is 0.667. The van der Waals surface area contributed by atoms with Gasteiger partial charge in [-0.3, -0.25) is 0 Å². The number of nitrogens with one attached hydrogen (secondary N) is 2. The first kappa shape index (κ1) is 11.3. The first-order valence-corrected chi connectivity index (χ1v) is 6.03. The molecule has 1 unspecified atom stereocenters. The first-order chi connectivity index (χ1) is 7.75. The summed E-state index contributed by atoms with van der Waals surface area (Å²) in [6.45, 7) is 7.49. The summed E-state index contributed by atoms with van der Waals surface area (Å²) in [4.78, 5) is 8.75. The van der Waals surface area contributed by atoms with E-state index in [9.17, 15) is 0 Å². The highest BCUT2D eigenvalue weighted by atomic mass is 15.0. The minimum Gasteiger partial charge on any atom is -0.370 e. The van der Waals surface area contributed by atoms with E-state index in [1.165, 1.54) is 6.42 Å². The molecule has 16 heavy (non-hydrogen) atoms. The van der Waals surface area contributed by atoms with Crippen LogP contribution in [0.5, 0.6) is 0 Å². The van der Waals surface area contributed by atoms with Crippen molar-refractivity contribution < 1.29 is 0 Å². The fourth-order valence-electron chi connectivity index (χ4n) is 1.89. The Kier molecular flexibility index (Phi) is 3.72. The van der Waals surface area contributed by atoms with Gasteiger partial charge in [0.25, 0.3) is 0 Å². The van der Waals surface area contributed by atoms with Crippen LogP contribution in [0.2, 0.25) is 0 Å². The van der Waals surface area contributed by atoms with Crippen LogP contribution in [0.25, 0.3) is 0 Å². The molecule has 1 aromatic rings. The zero-order chi connectivity index (χ0) is 11.4. The van der Waals surface area contributed by atoms with Crippen LogP contribution in [0.1, 0.15) is 32.0 Å². The molecule has 0 aromatic carbocycles. The smallest absolute Gasteiger partial charge is 0.133 e. The minimum atomic E-state index is 0.384. The molecule has 0 amide bonds. The highest BCUT2D eigenvalue weighted by Crippen LogP contribution is 2.12. The largest absolute Gasteiger partial charge is 0.370 e. The van der Waals surface area contributed by atoms with Gasteiger partial charge in [-0.25, -0.2) is 9.97 Å². The Hall–Kier alpha value is -1.16. The van der Waals surface area contributed by atoms with Gasteiger partial charge in [0, 0.05) is 18.7 Å². The second kappa shape index (κ2) is 5.25. The van der Waals surface area contributed by atoms with E-state index in [0.717, 1.165) is 37.2 Å². The van der Waals surface area contributed by atoms with Crippen molar-refractivity contribution in [2.75, 3.05) is 25.0 Å². The lowest BCUT2D eigenvalue weighted by Gasteiger charge is -2.11. The zero-order valence-electron chi connectivity index (χ0n) is 10.0. The number of anilines is 1. The van der Waals surface area contributed by atoms with Crippen LogP contribution in [0, 0.1) is 5.92 Å². The van der Waals surface area contributed by atoms with Crippen molar-refractivity contribution in [3.05, 3.63) is 18.1 Å². The van der Waals surface area contributed by atoms with Gasteiger partial charge in [-0.05, 0) is 31.5 Å². The van der Waals surface area contributed by atoms with E-state index in [1.54, 1.807) is 0 Å². The van der Waals surface area contributed by atoms with E-state index >= 15 is 0 Å². The van der Waals surface area contributed by atoms with Crippen molar-refractivity contribution in [1.82, 2.24) is 15.3 Å². The van der Waals surface area contributed by atoms with Gasteiger partial charge >= 0.3 is 0 Å². The van der Waals surface area contributed by atoms with Crippen LogP contribution in [0.3, 0.4) is 0 Å². The van der Waals surface area contributed by atoms with Crippen molar-refractivity contribution in [2.45, 2.75) is 26.2 Å². The molecule has 2 heterocycles. The lowest BCUT2D eigenvalue weighted by atomic mass is 10.1. The maximum atomic E-state index is 4.49. The third-order valence-corrected chi connectivity index (χ3v) is 2.92. The Morgan fingerprint density at radius 1 is 1.56 bits per heavy atom. The maximum Gasteiger partial charge on any atom is 0.133 e. The van der Waals surface area contributed by atoms with Crippen molar-refractivity contribution in [3.8, 4) is 0 Å². The second-order valence-electron chi connectivity index (χ2n) is 4.69. The Balaban J connectivity index is 1.90. The standard InChI is InChI=1S/C12H20N4/c1-9(2)12-14-6-4-11(16-12)15-8-10-3-5-13-7-10/h4,6,9-10,13H,3,5,7-8H2,1-2H3,(H,14,15,16). The quantitative estimate of drug-likeness (QED) is 0.809. The monoisotopic (exact) mass is 220 g/mol. The van der Waals surface area contributed by atoms with Crippen LogP contribution in [-0.4, -0.2) is 29.6 Å². The molecule has 1 atom stereocenters. The molecule has 1 aliphatic rings. The highest BCUT2D eigenvalue weighted by Gasteiger charge is 2.14. The molecule has 0 aliphatic carbocycles. The van der Waals surface area contributed by atoms with Gasteiger partial charge in [-0.2, -0.15) is 0 Å². The second-order valence-corrected chi connectivity index (χ2v) is 4.69. The van der Waals surface area contributed by atoms with E-state index in [-0.39, 0.29) is 0 Å². The van der Waals surface area contributed by atoms with Crippen molar-refractivity contribution in [2.24, 2.45) is 5.92 Å². The summed E-state index contributed by atoms with van der Waals surface area (Å²) in [5, 5.41) is 6.76. The predicted molar refractivity (Wildman–Crippen MR) is 65.6 cm³/mol. The first-order valence-electron chi connectivity index (χ1n) is 6.03. The van der Waals surface area contributed by atoms with Gasteiger partial charge in [0.2, 0.25) is 0 Å². The van der Waals surface area contributed by atoms with Gasteiger partial charge in [0.05, 0.1) is 0 Å². The number of aromatic nitrogens is 2. The Morgan fingerprint density at radius 2 is 2.44 bits per heavy atom. The van der Waals surface area contributed by atoms with Crippen LogP contribution >= 0.6 is 0 Å². The lowest BCUT2D eigenvalue weighted by molar-refractivity contribution is 0.613. The minimum absolute atomic E-state index is 0.384. The molecule has 4 heteroatoms. The molecule has 0 bridgehead atoms. The van der Waals surface area contributed by atoms with Gasteiger partial charge in [0.15, 0.2) is 0 Å². The summed E-state index contributed by atoms with van der Waals surface area (Å²) in [6.07, 6.45) is 3.09. The molecular weight excluding hydrogens is 200 g/mol. The van der Waals surface area contributed by atoms with E-state index in [2.05, 4.69) is 34.4 Å². The van der Waals surface area contributed by atoms with Crippen molar-refractivity contribution in [3.63, 3.8) is 0 Å². The summed E-state index contributed by atoms with van der Waals surface area (Å²) in [5.41, 5.74) is 0. The topological polar surface area (TPSA) is 49.8 Å². The fourth-order valence-corrected chi connectivity index (χ4v) is 1.89. The Labute approximate surface area is 96.9 Å². The third kappa shape index (κ3) is 2.92. The third-order valence-electron chi connectivity index (χ3n) is 2.92. The summed E-state index contributed by atoms with van der Waals surface area (Å²) in [5.74, 6) is 2.98. The van der Waals surface area contributed by atoms with Gasteiger partial charge in [0.1, 0.15) is 11.6 Å². The summed E-state index contributed by atoms with van der Waals surface area (Å²) < 4.78 is 0. The molecule has 0 spiro atoms. The molecular formula is C12H20N4. The molecule has 1 saturated heterocycles. The molecule has 88 valence electrons. The Bertz CT molecular complexity index is 332. The summed E-state index contributed by atoms with van der Waals surface area (Å²) in [6, 6.07) is 1.94. The normalized spacial score (nSPS) is 20.3. The average Bonchev–Trinajstić information content (AvgIpc) is 2.79. The summed E-state index contributed by atoms with van der Waals surface area (Å²) >= 11 is 0. The number of rotatable bonds is 4. The lowest BCUT2D eigenvalue weighted by Crippen LogP contribution is -2.18. The number of hydrogen-bond donors (Lipinski definition) is 2. The molecule has 1 fully saturated rings. The Morgan fingerprint density at radius 3 is 3.12 bits per heavy atom. The predicted octanol–water partition coefficient (Wildman–Crippen LogP) is 1.62. The van der Waals surface area contributed by atoms with E-state index in [4.69, 9.17) is 0 Å². The van der Waals surface area contributed by atoms with E-state index in [0.29, 0.717) is 5.92 Å². The van der Waals surface area contributed by atoms with Gasteiger partial charge in [-0.1, -0.05) is 13.8 Å². The van der Waals surface area contributed by atoms with Crippen LogP contribution in [0.4, 0.5) is 5.82 Å². The SMILES string of the molecule is CC(C)c1nccc(NCC2CCNC2)n1. The van der Waals surface area contributed by atoms with Crippen LogP contribution < -0.4 is 10.6 Å². The molecule has 2 N–H and O–H groups in total. The molecule has 1 aromatic heterocycles. The number of nitrogens with zero attached hydrogens (tertiary/aromatic N) is 2. The van der Waals surface area contributed by atoms with Crippen LogP contribution in [0.15, 0.2) is 12.3 Å². The molecule has 2 rings (SSSR count). The maximum absolute atomic E-state index is 4.49. The molecule has 1 aliphatic heterocycles. The molecule has 0 radical (unpaired) electrons. The molecule has 0 saturated carbocycles. The van der Waals surface area contributed by atoms with Crippen molar-refractivity contribution in [1.29, 1.82) is 0 Å². The zero-order valence-corrected chi connectivity index (χ0v) is 10.0.